The Bertz CT molecular complexity index is 966. The van der Waals surface area contributed by atoms with Gasteiger partial charge in [0.1, 0.15) is 0 Å². The van der Waals surface area contributed by atoms with Crippen LogP contribution in [0.4, 0.5) is 5.13 Å². The average Bonchev–Trinajstić information content (AvgIpc) is 3.09. The van der Waals surface area contributed by atoms with E-state index in [0.29, 0.717) is 10.6 Å². The summed E-state index contributed by atoms with van der Waals surface area (Å²) in [6.07, 6.45) is 8.30. The van der Waals surface area contributed by atoms with E-state index in [-0.39, 0.29) is 29.8 Å². The normalized spacial score (nSPS) is 15.6. The van der Waals surface area contributed by atoms with Gasteiger partial charge in [0.25, 0.3) is 0 Å². The fourth-order valence-corrected chi connectivity index (χ4v) is 5.79. The summed E-state index contributed by atoms with van der Waals surface area (Å²) in [4.78, 5) is 17.1. The second-order valence-corrected chi connectivity index (χ2v) is 9.84. The molecule has 0 aliphatic heterocycles. The van der Waals surface area contributed by atoms with Crippen LogP contribution in [0, 0.1) is 5.92 Å². The number of anilines is 1. The first kappa shape index (κ1) is 20.7. The van der Waals surface area contributed by atoms with Crippen LogP contribution < -0.4 is 5.32 Å². The lowest BCUT2D eigenvalue weighted by atomic mass is 9.89. The highest BCUT2D eigenvalue weighted by Crippen LogP contribution is 2.31. The van der Waals surface area contributed by atoms with Crippen molar-refractivity contribution in [3.63, 3.8) is 0 Å². The molecule has 0 radical (unpaired) electrons. The number of nitrogens with one attached hydrogen (secondary N) is 1. The Morgan fingerprint density at radius 3 is 2.54 bits per heavy atom. The van der Waals surface area contributed by atoms with Crippen LogP contribution >= 0.6 is 11.3 Å². The Kier molecular flexibility index (Phi) is 6.64. The number of hydrogen-bond donors (Lipinski definition) is 1. The zero-order valence-electron chi connectivity index (χ0n) is 15.8. The van der Waals surface area contributed by atoms with E-state index < -0.39 is 10.0 Å². The molecule has 0 unspecified atom stereocenters. The van der Waals surface area contributed by atoms with E-state index >= 15 is 0 Å². The van der Waals surface area contributed by atoms with Crippen molar-refractivity contribution in [2.24, 2.45) is 5.92 Å². The minimum atomic E-state index is -3.67. The zero-order chi connectivity index (χ0) is 20.1. The molecular formula is C20H25N3O3S2. The first-order valence-electron chi connectivity index (χ1n) is 9.39. The average molecular weight is 420 g/mol. The lowest BCUT2D eigenvalue weighted by Crippen LogP contribution is -2.31. The van der Waals surface area contributed by atoms with Crippen molar-refractivity contribution in [1.29, 1.82) is 0 Å². The molecule has 0 bridgehead atoms. The molecule has 0 atom stereocenters. The van der Waals surface area contributed by atoms with Gasteiger partial charge in [-0.15, -0.1) is 13.2 Å². The molecule has 1 fully saturated rings. The van der Waals surface area contributed by atoms with Crippen molar-refractivity contribution in [1.82, 2.24) is 9.29 Å². The molecule has 1 saturated carbocycles. The standard InChI is InChI=1S/C20H25N3O3S2/c1-3-12-23(13-4-2)28(25,26)16-10-11-17-18(14-16)27-20(21-17)22-19(24)15-8-6-5-7-9-15/h3-4,10-11,14-15H,1-2,5-9,12-13H2,(H,21,22,24). The van der Waals surface area contributed by atoms with E-state index in [1.807, 2.05) is 0 Å². The first-order chi connectivity index (χ1) is 13.5. The largest absolute Gasteiger partial charge is 0.302 e. The summed E-state index contributed by atoms with van der Waals surface area (Å²) < 4.78 is 27.8. The molecule has 8 heteroatoms. The minimum absolute atomic E-state index is 0.00902. The lowest BCUT2D eigenvalue weighted by molar-refractivity contribution is -0.120. The van der Waals surface area contributed by atoms with Gasteiger partial charge in [0.15, 0.2) is 5.13 Å². The maximum Gasteiger partial charge on any atom is 0.243 e. The first-order valence-corrected chi connectivity index (χ1v) is 11.6. The third-order valence-electron chi connectivity index (χ3n) is 4.87. The van der Waals surface area contributed by atoms with Gasteiger partial charge in [0.2, 0.25) is 15.9 Å². The fourth-order valence-electron chi connectivity index (χ4n) is 3.40. The zero-order valence-corrected chi connectivity index (χ0v) is 17.4. The number of aromatic nitrogens is 1. The minimum Gasteiger partial charge on any atom is -0.302 e. The summed E-state index contributed by atoms with van der Waals surface area (Å²) in [5, 5.41) is 3.41. The third-order valence-corrected chi connectivity index (χ3v) is 7.63. The highest BCUT2D eigenvalue weighted by molar-refractivity contribution is 7.89. The van der Waals surface area contributed by atoms with Crippen LogP contribution in [0.3, 0.4) is 0 Å². The van der Waals surface area contributed by atoms with Gasteiger partial charge in [-0.3, -0.25) is 4.79 Å². The molecule has 1 aromatic carbocycles. The Morgan fingerprint density at radius 1 is 1.21 bits per heavy atom. The van der Waals surface area contributed by atoms with Crippen molar-refractivity contribution >= 4 is 42.6 Å². The number of hydrogen-bond acceptors (Lipinski definition) is 5. The molecule has 1 aliphatic carbocycles. The van der Waals surface area contributed by atoms with Gasteiger partial charge in [0.05, 0.1) is 15.1 Å². The van der Waals surface area contributed by atoms with Gasteiger partial charge in [-0.2, -0.15) is 4.31 Å². The van der Waals surface area contributed by atoms with Crippen molar-refractivity contribution < 1.29 is 13.2 Å². The van der Waals surface area contributed by atoms with Crippen LogP contribution in [0.15, 0.2) is 48.4 Å². The number of amides is 1. The molecule has 1 N–H and O–H groups in total. The molecule has 6 nitrogen and oxygen atoms in total. The van der Waals surface area contributed by atoms with Crippen LogP contribution in [0.5, 0.6) is 0 Å². The maximum absolute atomic E-state index is 12.9. The van der Waals surface area contributed by atoms with Gasteiger partial charge < -0.3 is 5.32 Å². The van der Waals surface area contributed by atoms with Crippen LogP contribution in [0.25, 0.3) is 10.2 Å². The molecule has 1 amide bonds. The number of benzene rings is 1. The van der Waals surface area contributed by atoms with Gasteiger partial charge in [-0.1, -0.05) is 42.8 Å². The summed E-state index contributed by atoms with van der Waals surface area (Å²) in [5.74, 6) is 0.0535. The lowest BCUT2D eigenvalue weighted by Gasteiger charge is -2.19. The monoisotopic (exact) mass is 419 g/mol. The number of carbonyl (C=O) groups is 1. The number of thiazole rings is 1. The smallest absolute Gasteiger partial charge is 0.243 e. The second kappa shape index (κ2) is 8.98. The molecule has 150 valence electrons. The number of carbonyl (C=O) groups excluding carboxylic acids is 1. The molecule has 0 spiro atoms. The summed E-state index contributed by atoms with van der Waals surface area (Å²) in [6.45, 7) is 7.65. The number of fused-ring (bicyclic) bond motifs is 1. The third kappa shape index (κ3) is 4.51. The molecule has 3 rings (SSSR count). The van der Waals surface area contributed by atoms with Crippen molar-refractivity contribution in [3.05, 3.63) is 43.5 Å². The summed E-state index contributed by atoms with van der Waals surface area (Å²) in [5.41, 5.74) is 0.668. The van der Waals surface area contributed by atoms with E-state index in [4.69, 9.17) is 0 Å². The second-order valence-electron chi connectivity index (χ2n) is 6.87. The van der Waals surface area contributed by atoms with Crippen LogP contribution in [-0.4, -0.2) is 36.7 Å². The molecule has 28 heavy (non-hydrogen) atoms. The quantitative estimate of drug-likeness (QED) is 0.651. The summed E-state index contributed by atoms with van der Waals surface area (Å²) in [6, 6.07) is 4.83. The SMILES string of the molecule is C=CCN(CC=C)S(=O)(=O)c1ccc2nc(NC(=O)C3CCCCC3)sc2c1. The van der Waals surface area contributed by atoms with Gasteiger partial charge in [0, 0.05) is 19.0 Å². The van der Waals surface area contributed by atoms with Crippen molar-refractivity contribution in [2.75, 3.05) is 18.4 Å². The Labute approximate surface area is 170 Å². The highest BCUT2D eigenvalue weighted by atomic mass is 32.2. The van der Waals surface area contributed by atoms with E-state index in [0.717, 1.165) is 30.4 Å². The molecule has 1 aromatic heterocycles. The topological polar surface area (TPSA) is 79.4 Å². The predicted molar refractivity (Wildman–Crippen MR) is 114 cm³/mol. The van der Waals surface area contributed by atoms with E-state index in [1.54, 1.807) is 30.4 Å². The predicted octanol–water partition coefficient (Wildman–Crippen LogP) is 4.18. The number of rotatable bonds is 8. The number of sulfonamides is 1. The summed E-state index contributed by atoms with van der Waals surface area (Å²) >= 11 is 1.29. The molecule has 1 heterocycles. The molecule has 0 saturated heterocycles. The van der Waals surface area contributed by atoms with E-state index in [9.17, 15) is 13.2 Å². The highest BCUT2D eigenvalue weighted by Gasteiger charge is 2.24. The van der Waals surface area contributed by atoms with Gasteiger partial charge >= 0.3 is 0 Å². The Hall–Kier alpha value is -2.03. The van der Waals surface area contributed by atoms with Gasteiger partial charge in [-0.05, 0) is 31.0 Å². The van der Waals surface area contributed by atoms with Crippen LogP contribution in [0.1, 0.15) is 32.1 Å². The number of nitrogens with zero attached hydrogens (tertiary/aromatic N) is 2. The van der Waals surface area contributed by atoms with Crippen LogP contribution in [-0.2, 0) is 14.8 Å². The Balaban J connectivity index is 1.83. The molecular weight excluding hydrogens is 394 g/mol. The van der Waals surface area contributed by atoms with E-state index in [2.05, 4.69) is 23.5 Å². The van der Waals surface area contributed by atoms with Crippen molar-refractivity contribution in [2.45, 2.75) is 37.0 Å². The van der Waals surface area contributed by atoms with Gasteiger partial charge in [-0.25, -0.2) is 13.4 Å². The fraction of sp³-hybridized carbons (Fsp3) is 0.400. The maximum atomic E-state index is 12.9. The summed E-state index contributed by atoms with van der Waals surface area (Å²) in [7, 11) is -3.67. The Morgan fingerprint density at radius 2 is 1.89 bits per heavy atom. The molecule has 2 aromatic rings. The van der Waals surface area contributed by atoms with Crippen molar-refractivity contribution in [3.8, 4) is 0 Å². The molecule has 1 aliphatic rings. The van der Waals surface area contributed by atoms with Crippen LogP contribution in [0.2, 0.25) is 0 Å². The van der Waals surface area contributed by atoms with E-state index in [1.165, 1.54) is 22.1 Å².